The Labute approximate surface area is 165 Å². The van der Waals surface area contributed by atoms with E-state index in [1.54, 1.807) is 6.20 Å². The van der Waals surface area contributed by atoms with Crippen molar-refractivity contribution in [2.24, 2.45) is 5.92 Å². The lowest BCUT2D eigenvalue weighted by Gasteiger charge is -2.39. The van der Waals surface area contributed by atoms with E-state index in [1.165, 1.54) is 0 Å². The van der Waals surface area contributed by atoms with E-state index < -0.39 is 0 Å². The van der Waals surface area contributed by atoms with E-state index in [0.717, 1.165) is 32.0 Å². The molecule has 1 N–H and O–H groups in total. The molecule has 7 nitrogen and oxygen atoms in total. The van der Waals surface area contributed by atoms with Crippen LogP contribution in [0.2, 0.25) is 5.02 Å². The van der Waals surface area contributed by atoms with E-state index in [9.17, 15) is 9.59 Å². The Morgan fingerprint density at radius 1 is 1.26 bits per heavy atom. The number of nitrogens with one attached hydrogen (secondary N) is 1. The number of anilines is 1. The molecule has 0 bridgehead atoms. The fraction of sp³-hybridized carbons (Fsp3) is 0.632. The highest BCUT2D eigenvalue weighted by Gasteiger charge is 2.33. The molecule has 27 heavy (non-hydrogen) atoms. The summed E-state index contributed by atoms with van der Waals surface area (Å²) in [5.41, 5.74) is 0. The molecule has 2 aliphatic rings. The topological polar surface area (TPSA) is 68.8 Å². The van der Waals surface area contributed by atoms with Crippen LogP contribution < -0.4 is 10.2 Å². The summed E-state index contributed by atoms with van der Waals surface area (Å²) in [5, 5.41) is 3.51. The Morgan fingerprint density at radius 3 is 2.63 bits per heavy atom. The number of pyridine rings is 1. The van der Waals surface area contributed by atoms with E-state index in [1.807, 2.05) is 17.0 Å². The Bertz CT molecular complexity index is 659. The van der Waals surface area contributed by atoms with Gasteiger partial charge in [0, 0.05) is 52.0 Å². The van der Waals surface area contributed by atoms with Crippen molar-refractivity contribution >= 4 is 29.2 Å². The average molecular weight is 394 g/mol. The Hall–Kier alpha value is -1.86. The third-order valence-corrected chi connectivity index (χ3v) is 5.30. The molecule has 2 amide bonds. The summed E-state index contributed by atoms with van der Waals surface area (Å²) >= 11 is 5.89. The zero-order chi connectivity index (χ0) is 19.4. The molecular formula is C19H28ClN5O2. The number of nitrogens with zero attached hydrogens (tertiary/aromatic N) is 4. The van der Waals surface area contributed by atoms with Crippen molar-refractivity contribution in [3.63, 3.8) is 0 Å². The van der Waals surface area contributed by atoms with Gasteiger partial charge in [0.1, 0.15) is 5.82 Å². The smallest absolute Gasteiger partial charge is 0.237 e. The molecule has 1 aromatic heterocycles. The van der Waals surface area contributed by atoms with Crippen molar-refractivity contribution in [2.45, 2.75) is 26.3 Å². The SMILES string of the molecule is CC(C)CN1CCNC(=O)[C@H]1CC(=O)N1CCN(c2ccc(Cl)cn2)CC1. The van der Waals surface area contributed by atoms with Gasteiger partial charge in [-0.2, -0.15) is 0 Å². The highest BCUT2D eigenvalue weighted by Crippen LogP contribution is 2.18. The van der Waals surface area contributed by atoms with Crippen molar-refractivity contribution in [1.82, 2.24) is 20.1 Å². The molecule has 0 aromatic carbocycles. The number of hydrogen-bond acceptors (Lipinski definition) is 5. The van der Waals surface area contributed by atoms with Crippen LogP contribution in [-0.2, 0) is 9.59 Å². The first kappa shape index (κ1) is 19.9. The number of aromatic nitrogens is 1. The van der Waals surface area contributed by atoms with Gasteiger partial charge in [0.2, 0.25) is 11.8 Å². The van der Waals surface area contributed by atoms with Crippen LogP contribution >= 0.6 is 11.6 Å². The van der Waals surface area contributed by atoms with Crippen LogP contribution in [0.15, 0.2) is 18.3 Å². The van der Waals surface area contributed by atoms with Crippen LogP contribution in [0.25, 0.3) is 0 Å². The predicted molar refractivity (Wildman–Crippen MR) is 106 cm³/mol. The lowest BCUT2D eigenvalue weighted by Crippen LogP contribution is -2.58. The van der Waals surface area contributed by atoms with Crippen molar-refractivity contribution in [3.8, 4) is 0 Å². The predicted octanol–water partition coefficient (Wildman–Crippen LogP) is 1.23. The number of hydrogen-bond donors (Lipinski definition) is 1. The molecule has 0 aliphatic carbocycles. The van der Waals surface area contributed by atoms with E-state index in [2.05, 4.69) is 33.9 Å². The number of amides is 2. The van der Waals surface area contributed by atoms with Crippen LogP contribution in [0.4, 0.5) is 5.82 Å². The summed E-state index contributed by atoms with van der Waals surface area (Å²) in [4.78, 5) is 35.6. The molecular weight excluding hydrogens is 366 g/mol. The number of carbonyl (C=O) groups excluding carboxylic acids is 2. The normalized spacial score (nSPS) is 21.5. The van der Waals surface area contributed by atoms with E-state index in [-0.39, 0.29) is 24.3 Å². The quantitative estimate of drug-likeness (QED) is 0.814. The van der Waals surface area contributed by atoms with Crippen molar-refractivity contribution in [3.05, 3.63) is 23.4 Å². The standard InChI is InChI=1S/C19H28ClN5O2/c1-14(2)13-25-6-5-21-19(27)16(25)11-18(26)24-9-7-23(8-10-24)17-4-3-15(20)12-22-17/h3-4,12,14,16H,5-11,13H2,1-2H3,(H,21,27)/t16-/m1/s1. The van der Waals surface area contributed by atoms with E-state index in [0.29, 0.717) is 30.6 Å². The van der Waals surface area contributed by atoms with Crippen LogP contribution in [-0.4, -0.2) is 78.5 Å². The second kappa shape index (κ2) is 8.89. The summed E-state index contributed by atoms with van der Waals surface area (Å²) in [7, 11) is 0. The monoisotopic (exact) mass is 393 g/mol. The minimum Gasteiger partial charge on any atom is -0.353 e. The molecule has 2 saturated heterocycles. The molecule has 0 radical (unpaired) electrons. The first-order valence-corrected chi connectivity index (χ1v) is 9.98. The van der Waals surface area contributed by atoms with Crippen LogP contribution in [0.3, 0.4) is 0 Å². The van der Waals surface area contributed by atoms with Crippen molar-refractivity contribution in [2.75, 3.05) is 50.7 Å². The summed E-state index contributed by atoms with van der Waals surface area (Å²) in [6, 6.07) is 3.37. The highest BCUT2D eigenvalue weighted by molar-refractivity contribution is 6.30. The van der Waals surface area contributed by atoms with Gasteiger partial charge in [0.15, 0.2) is 0 Å². The summed E-state index contributed by atoms with van der Waals surface area (Å²) in [5.74, 6) is 1.36. The van der Waals surface area contributed by atoms with Crippen LogP contribution in [0.5, 0.6) is 0 Å². The zero-order valence-corrected chi connectivity index (χ0v) is 16.8. The molecule has 0 saturated carbocycles. The molecule has 0 unspecified atom stereocenters. The van der Waals surface area contributed by atoms with Gasteiger partial charge in [0.25, 0.3) is 0 Å². The molecule has 3 rings (SSSR count). The minimum absolute atomic E-state index is 0.0285. The lowest BCUT2D eigenvalue weighted by atomic mass is 10.0. The third kappa shape index (κ3) is 5.11. The maximum Gasteiger partial charge on any atom is 0.237 e. The van der Waals surface area contributed by atoms with Gasteiger partial charge in [0.05, 0.1) is 17.5 Å². The second-order valence-electron chi connectivity index (χ2n) is 7.60. The zero-order valence-electron chi connectivity index (χ0n) is 16.0. The molecule has 8 heteroatoms. The maximum atomic E-state index is 12.8. The molecule has 2 fully saturated rings. The molecule has 2 aliphatic heterocycles. The molecule has 3 heterocycles. The molecule has 1 aromatic rings. The number of halogens is 1. The van der Waals surface area contributed by atoms with Gasteiger partial charge in [-0.25, -0.2) is 4.98 Å². The first-order chi connectivity index (χ1) is 12.9. The second-order valence-corrected chi connectivity index (χ2v) is 8.04. The molecule has 148 valence electrons. The summed E-state index contributed by atoms with van der Waals surface area (Å²) in [6.45, 7) is 9.30. The lowest BCUT2D eigenvalue weighted by molar-refractivity contribution is -0.139. The molecule has 0 spiro atoms. The first-order valence-electron chi connectivity index (χ1n) is 9.60. The Balaban J connectivity index is 1.55. The maximum absolute atomic E-state index is 12.8. The Kier molecular flexibility index (Phi) is 6.55. The third-order valence-electron chi connectivity index (χ3n) is 5.08. The van der Waals surface area contributed by atoms with E-state index >= 15 is 0 Å². The van der Waals surface area contributed by atoms with Gasteiger partial charge >= 0.3 is 0 Å². The fourth-order valence-corrected chi connectivity index (χ4v) is 3.82. The van der Waals surface area contributed by atoms with Gasteiger partial charge < -0.3 is 15.1 Å². The Morgan fingerprint density at radius 2 is 2.00 bits per heavy atom. The average Bonchev–Trinajstić information content (AvgIpc) is 2.65. The van der Waals surface area contributed by atoms with Gasteiger partial charge in [-0.05, 0) is 18.1 Å². The fourth-order valence-electron chi connectivity index (χ4n) is 3.71. The largest absolute Gasteiger partial charge is 0.353 e. The van der Waals surface area contributed by atoms with Crippen molar-refractivity contribution < 1.29 is 9.59 Å². The highest BCUT2D eigenvalue weighted by atomic mass is 35.5. The number of rotatable bonds is 5. The molecule has 1 atom stereocenters. The van der Waals surface area contributed by atoms with E-state index in [4.69, 9.17) is 11.6 Å². The van der Waals surface area contributed by atoms with Gasteiger partial charge in [-0.3, -0.25) is 14.5 Å². The van der Waals surface area contributed by atoms with Gasteiger partial charge in [-0.1, -0.05) is 25.4 Å². The van der Waals surface area contributed by atoms with Gasteiger partial charge in [-0.15, -0.1) is 0 Å². The summed E-state index contributed by atoms with van der Waals surface area (Å²) < 4.78 is 0. The van der Waals surface area contributed by atoms with Crippen molar-refractivity contribution in [1.29, 1.82) is 0 Å². The number of piperazine rings is 2. The van der Waals surface area contributed by atoms with Crippen LogP contribution in [0, 0.1) is 5.92 Å². The number of carbonyl (C=O) groups is 2. The minimum atomic E-state index is -0.357. The summed E-state index contributed by atoms with van der Waals surface area (Å²) in [6.07, 6.45) is 1.89. The van der Waals surface area contributed by atoms with Crippen LogP contribution in [0.1, 0.15) is 20.3 Å².